The quantitative estimate of drug-likeness (QED) is 0.490. The first-order valence-corrected chi connectivity index (χ1v) is 11.4. The summed E-state index contributed by atoms with van der Waals surface area (Å²) >= 11 is 0. The van der Waals surface area contributed by atoms with Crippen LogP contribution in [-0.4, -0.2) is 63.1 Å². The molecule has 1 fully saturated rings. The Hall–Kier alpha value is -3.74. The molecule has 0 radical (unpaired) electrons. The molecule has 3 aromatic rings. The molecule has 3 heterocycles. The number of hydrogen-bond donors (Lipinski definition) is 2. The van der Waals surface area contributed by atoms with Crippen molar-refractivity contribution in [3.05, 3.63) is 42.1 Å². The Balaban J connectivity index is 1.40. The normalized spacial score (nSPS) is 15.2. The van der Waals surface area contributed by atoms with Crippen molar-refractivity contribution in [2.75, 3.05) is 58.6 Å². The molecular weight excluding hydrogens is 434 g/mol. The molecule has 2 aliphatic heterocycles. The van der Waals surface area contributed by atoms with E-state index in [2.05, 4.69) is 26.6 Å². The minimum Gasteiger partial charge on any atom is -0.493 e. The molecule has 1 aromatic heterocycles. The highest BCUT2D eigenvalue weighted by Gasteiger charge is 2.20. The Kier molecular flexibility index (Phi) is 6.51. The second kappa shape index (κ2) is 10.0. The van der Waals surface area contributed by atoms with E-state index in [0.29, 0.717) is 52.1 Å². The molecule has 2 N–H and O–H groups in total. The average Bonchev–Trinajstić information content (AvgIpc) is 3.37. The van der Waals surface area contributed by atoms with Crippen LogP contribution in [0, 0.1) is 11.3 Å². The molecule has 0 unspecified atom stereocenters. The largest absolute Gasteiger partial charge is 0.493 e. The summed E-state index contributed by atoms with van der Waals surface area (Å²) in [6.45, 7) is 5.97. The summed E-state index contributed by atoms with van der Waals surface area (Å²) in [5.41, 5.74) is 2.45. The van der Waals surface area contributed by atoms with E-state index in [1.165, 1.54) is 0 Å². The molecule has 0 spiro atoms. The third-order valence-corrected chi connectivity index (χ3v) is 6.02. The summed E-state index contributed by atoms with van der Waals surface area (Å²) in [6.07, 6.45) is 2.49. The lowest BCUT2D eigenvalue weighted by molar-refractivity contribution is 0.174. The number of hydrogen-bond acceptors (Lipinski definition) is 9. The van der Waals surface area contributed by atoms with Gasteiger partial charge in [-0.3, -0.25) is 4.98 Å². The van der Waals surface area contributed by atoms with E-state index in [1.807, 2.05) is 30.3 Å². The van der Waals surface area contributed by atoms with E-state index in [1.54, 1.807) is 13.3 Å². The standard InChI is InChI=1S/C25H27N5O4/c1-31-22-12-18-20(13-23(22)32-11-3-8-30-9-6-27-7-10-30)28-15-17(14-26)24(18)29-19-4-2-5-21-25(19)34-16-33-21/h2,4-5,12-13,15,27H,3,6-11,16H2,1H3,(H,28,29). The van der Waals surface area contributed by atoms with Crippen molar-refractivity contribution in [1.29, 1.82) is 5.26 Å². The Bertz CT molecular complexity index is 1220. The van der Waals surface area contributed by atoms with Crippen LogP contribution in [0.2, 0.25) is 0 Å². The number of nitrogens with zero attached hydrogens (tertiary/aromatic N) is 3. The number of aromatic nitrogens is 1. The lowest BCUT2D eigenvalue weighted by Crippen LogP contribution is -2.43. The summed E-state index contributed by atoms with van der Waals surface area (Å²) in [4.78, 5) is 6.94. The van der Waals surface area contributed by atoms with Crippen LogP contribution < -0.4 is 29.6 Å². The van der Waals surface area contributed by atoms with Crippen LogP contribution in [-0.2, 0) is 0 Å². The van der Waals surface area contributed by atoms with Crippen molar-refractivity contribution >= 4 is 22.3 Å². The first-order chi connectivity index (χ1) is 16.8. The summed E-state index contributed by atoms with van der Waals surface area (Å²) in [5, 5.41) is 17.2. The number of para-hydroxylation sites is 1. The maximum atomic E-state index is 9.73. The van der Waals surface area contributed by atoms with Gasteiger partial charge in [0.1, 0.15) is 6.07 Å². The summed E-state index contributed by atoms with van der Waals surface area (Å²) < 4.78 is 22.8. The molecule has 34 heavy (non-hydrogen) atoms. The fourth-order valence-corrected chi connectivity index (χ4v) is 4.26. The van der Waals surface area contributed by atoms with E-state index in [-0.39, 0.29) is 6.79 Å². The van der Waals surface area contributed by atoms with E-state index in [0.717, 1.165) is 44.5 Å². The van der Waals surface area contributed by atoms with Crippen molar-refractivity contribution in [1.82, 2.24) is 15.2 Å². The lowest BCUT2D eigenvalue weighted by Gasteiger charge is -2.27. The molecule has 2 aromatic carbocycles. The number of nitriles is 1. The minimum atomic E-state index is 0.166. The number of methoxy groups -OCH3 is 1. The molecule has 2 aliphatic rings. The highest BCUT2D eigenvalue weighted by Crippen LogP contribution is 2.43. The first-order valence-electron chi connectivity index (χ1n) is 11.4. The molecule has 9 heteroatoms. The zero-order chi connectivity index (χ0) is 23.3. The second-order valence-corrected chi connectivity index (χ2v) is 8.14. The number of fused-ring (bicyclic) bond motifs is 2. The van der Waals surface area contributed by atoms with Gasteiger partial charge in [0, 0.05) is 50.4 Å². The lowest BCUT2D eigenvalue weighted by atomic mass is 10.1. The highest BCUT2D eigenvalue weighted by atomic mass is 16.7. The molecule has 5 rings (SSSR count). The molecule has 9 nitrogen and oxygen atoms in total. The summed E-state index contributed by atoms with van der Waals surface area (Å²) in [5.74, 6) is 2.51. The molecular formula is C25H27N5O4. The minimum absolute atomic E-state index is 0.166. The summed E-state index contributed by atoms with van der Waals surface area (Å²) in [7, 11) is 1.61. The molecule has 1 saturated heterocycles. The van der Waals surface area contributed by atoms with Crippen LogP contribution in [0.5, 0.6) is 23.0 Å². The van der Waals surface area contributed by atoms with Crippen molar-refractivity contribution in [2.45, 2.75) is 6.42 Å². The molecule has 0 atom stereocenters. The predicted octanol–water partition coefficient (Wildman–Crippen LogP) is 3.26. The molecule has 0 aliphatic carbocycles. The van der Waals surface area contributed by atoms with Gasteiger partial charge in [0.2, 0.25) is 6.79 Å². The molecule has 0 amide bonds. The van der Waals surface area contributed by atoms with Crippen molar-refractivity contribution in [3.63, 3.8) is 0 Å². The number of benzene rings is 2. The number of pyridine rings is 1. The Morgan fingerprint density at radius 2 is 2.09 bits per heavy atom. The van der Waals surface area contributed by atoms with Crippen LogP contribution >= 0.6 is 0 Å². The number of rotatable bonds is 8. The van der Waals surface area contributed by atoms with Crippen LogP contribution in [0.1, 0.15) is 12.0 Å². The van der Waals surface area contributed by atoms with Crippen molar-refractivity contribution < 1.29 is 18.9 Å². The van der Waals surface area contributed by atoms with Crippen LogP contribution in [0.4, 0.5) is 11.4 Å². The van der Waals surface area contributed by atoms with Crippen LogP contribution in [0.3, 0.4) is 0 Å². The molecule has 0 saturated carbocycles. The van der Waals surface area contributed by atoms with Gasteiger partial charge >= 0.3 is 0 Å². The Morgan fingerprint density at radius 1 is 1.21 bits per heavy atom. The van der Waals surface area contributed by atoms with Gasteiger partial charge in [-0.25, -0.2) is 0 Å². The Labute approximate surface area is 198 Å². The van der Waals surface area contributed by atoms with Gasteiger partial charge in [0.05, 0.1) is 36.2 Å². The van der Waals surface area contributed by atoms with E-state index in [4.69, 9.17) is 18.9 Å². The number of anilines is 2. The van der Waals surface area contributed by atoms with Gasteiger partial charge < -0.3 is 34.5 Å². The average molecular weight is 462 g/mol. The third kappa shape index (κ3) is 4.51. The fraction of sp³-hybridized carbons (Fsp3) is 0.360. The van der Waals surface area contributed by atoms with Crippen LogP contribution in [0.15, 0.2) is 36.5 Å². The molecule has 0 bridgehead atoms. The predicted molar refractivity (Wildman–Crippen MR) is 128 cm³/mol. The smallest absolute Gasteiger partial charge is 0.231 e. The first kappa shape index (κ1) is 22.1. The monoisotopic (exact) mass is 461 g/mol. The maximum Gasteiger partial charge on any atom is 0.231 e. The SMILES string of the molecule is COc1cc2c(Nc3cccc4c3OCO4)c(C#N)cnc2cc1OCCCN1CCNCC1. The molecule has 176 valence electrons. The fourth-order valence-electron chi connectivity index (χ4n) is 4.26. The van der Waals surface area contributed by atoms with Gasteiger partial charge in [-0.2, -0.15) is 5.26 Å². The zero-order valence-electron chi connectivity index (χ0n) is 19.1. The summed E-state index contributed by atoms with van der Waals surface area (Å²) in [6, 6.07) is 11.5. The van der Waals surface area contributed by atoms with E-state index >= 15 is 0 Å². The van der Waals surface area contributed by atoms with E-state index in [9.17, 15) is 5.26 Å². The third-order valence-electron chi connectivity index (χ3n) is 6.02. The van der Waals surface area contributed by atoms with Crippen LogP contribution in [0.25, 0.3) is 10.9 Å². The van der Waals surface area contributed by atoms with Gasteiger partial charge in [0.25, 0.3) is 0 Å². The Morgan fingerprint density at radius 3 is 2.91 bits per heavy atom. The number of piperazine rings is 1. The van der Waals surface area contributed by atoms with Gasteiger partial charge in [0.15, 0.2) is 23.0 Å². The van der Waals surface area contributed by atoms with Gasteiger partial charge in [-0.1, -0.05) is 6.07 Å². The van der Waals surface area contributed by atoms with Gasteiger partial charge in [-0.05, 0) is 24.6 Å². The number of nitrogens with one attached hydrogen (secondary N) is 2. The van der Waals surface area contributed by atoms with Crippen molar-refractivity contribution in [3.8, 4) is 29.1 Å². The maximum absolute atomic E-state index is 9.73. The van der Waals surface area contributed by atoms with Gasteiger partial charge in [-0.15, -0.1) is 0 Å². The van der Waals surface area contributed by atoms with E-state index < -0.39 is 0 Å². The zero-order valence-corrected chi connectivity index (χ0v) is 19.1. The second-order valence-electron chi connectivity index (χ2n) is 8.14. The number of ether oxygens (including phenoxy) is 4. The van der Waals surface area contributed by atoms with Crippen molar-refractivity contribution in [2.24, 2.45) is 0 Å². The highest BCUT2D eigenvalue weighted by molar-refractivity contribution is 5.98. The topological polar surface area (TPSA) is 101 Å².